The number of ether oxygens (including phenoxy) is 1. The van der Waals surface area contributed by atoms with E-state index in [1.165, 1.54) is 39.2 Å². The zero-order valence-corrected chi connectivity index (χ0v) is 9.21. The molecular weight excluding hydrogens is 176 g/mol. The van der Waals surface area contributed by atoms with Gasteiger partial charge in [-0.3, -0.25) is 0 Å². The van der Waals surface area contributed by atoms with E-state index in [0.717, 1.165) is 12.0 Å². The average molecular weight is 196 g/mol. The zero-order chi connectivity index (χ0) is 10.4. The lowest BCUT2D eigenvalue weighted by Crippen LogP contribution is -2.09. The Morgan fingerprint density at radius 3 is 2.50 bits per heavy atom. The molecule has 0 aliphatic heterocycles. The molecule has 0 amide bonds. The molecule has 14 heavy (non-hydrogen) atoms. The van der Waals surface area contributed by atoms with Crippen molar-refractivity contribution in [2.75, 3.05) is 7.11 Å². The Kier molecular flexibility index (Phi) is 4.71. The molecule has 0 atom stereocenters. The highest BCUT2D eigenvalue weighted by Crippen LogP contribution is 2.26. The van der Waals surface area contributed by atoms with E-state index >= 15 is 0 Å². The highest BCUT2D eigenvalue weighted by Gasteiger charge is 2.14. The fourth-order valence-corrected chi connectivity index (χ4v) is 2.05. The van der Waals surface area contributed by atoms with E-state index in [9.17, 15) is 4.79 Å². The third kappa shape index (κ3) is 3.17. The van der Waals surface area contributed by atoms with Crippen molar-refractivity contribution < 1.29 is 9.53 Å². The fourth-order valence-electron chi connectivity index (χ4n) is 2.05. The molecule has 0 aromatic heterocycles. The summed E-state index contributed by atoms with van der Waals surface area (Å²) >= 11 is 0. The van der Waals surface area contributed by atoms with Crippen LogP contribution in [0.2, 0.25) is 0 Å². The van der Waals surface area contributed by atoms with Crippen LogP contribution in [0, 0.1) is 5.92 Å². The molecule has 2 nitrogen and oxygen atoms in total. The summed E-state index contributed by atoms with van der Waals surface area (Å²) < 4.78 is 4.74. The largest absolute Gasteiger partial charge is 0.466 e. The Morgan fingerprint density at radius 1 is 1.36 bits per heavy atom. The van der Waals surface area contributed by atoms with Gasteiger partial charge in [0.1, 0.15) is 0 Å². The monoisotopic (exact) mass is 196 g/mol. The molecule has 0 saturated heterocycles. The van der Waals surface area contributed by atoms with Gasteiger partial charge in [-0.05, 0) is 25.2 Å². The van der Waals surface area contributed by atoms with Crippen molar-refractivity contribution >= 4 is 5.97 Å². The van der Waals surface area contributed by atoms with E-state index in [4.69, 9.17) is 4.74 Å². The van der Waals surface area contributed by atoms with Crippen LogP contribution < -0.4 is 0 Å². The molecule has 1 fully saturated rings. The van der Waals surface area contributed by atoms with Crippen molar-refractivity contribution in [1.29, 1.82) is 0 Å². The topological polar surface area (TPSA) is 26.3 Å². The van der Waals surface area contributed by atoms with Crippen molar-refractivity contribution in [3.63, 3.8) is 0 Å². The second kappa shape index (κ2) is 5.84. The summed E-state index contributed by atoms with van der Waals surface area (Å²) in [5, 5.41) is 0. The summed E-state index contributed by atoms with van der Waals surface area (Å²) in [7, 11) is 1.45. The molecular formula is C12H20O2. The molecule has 2 heteroatoms. The van der Waals surface area contributed by atoms with Crippen LogP contribution in [0.4, 0.5) is 0 Å². The fraction of sp³-hybridized carbons (Fsp3) is 0.750. The first-order valence-corrected chi connectivity index (χ1v) is 5.57. The van der Waals surface area contributed by atoms with Gasteiger partial charge in [-0.1, -0.05) is 32.3 Å². The van der Waals surface area contributed by atoms with Crippen LogP contribution in [0.5, 0.6) is 0 Å². The van der Waals surface area contributed by atoms with Gasteiger partial charge in [-0.15, -0.1) is 0 Å². The number of hydrogen-bond acceptors (Lipinski definition) is 2. The molecule has 1 saturated carbocycles. The number of esters is 1. The number of carbonyl (C=O) groups excluding carboxylic acids is 1. The first-order valence-electron chi connectivity index (χ1n) is 5.57. The predicted molar refractivity (Wildman–Crippen MR) is 57.0 cm³/mol. The van der Waals surface area contributed by atoms with Gasteiger partial charge in [0, 0.05) is 5.57 Å². The predicted octanol–water partition coefficient (Wildman–Crippen LogP) is 3.08. The Morgan fingerprint density at radius 2 is 2.00 bits per heavy atom. The van der Waals surface area contributed by atoms with Crippen LogP contribution in [-0.4, -0.2) is 13.1 Å². The van der Waals surface area contributed by atoms with Gasteiger partial charge >= 0.3 is 5.97 Å². The minimum Gasteiger partial charge on any atom is -0.466 e. The van der Waals surface area contributed by atoms with Crippen LogP contribution in [0.15, 0.2) is 11.6 Å². The maximum Gasteiger partial charge on any atom is 0.333 e. The molecule has 0 heterocycles. The Labute approximate surface area is 86.3 Å². The van der Waals surface area contributed by atoms with E-state index in [1.54, 1.807) is 0 Å². The molecule has 0 N–H and O–H groups in total. The SMILES string of the molecule is CCC(=CC1CCCCC1)C(=O)OC. The first-order chi connectivity index (χ1) is 6.77. The lowest BCUT2D eigenvalue weighted by molar-refractivity contribution is -0.136. The van der Waals surface area contributed by atoms with Crippen molar-refractivity contribution in [2.45, 2.75) is 45.4 Å². The van der Waals surface area contributed by atoms with E-state index in [1.807, 2.05) is 6.92 Å². The van der Waals surface area contributed by atoms with Crippen LogP contribution in [-0.2, 0) is 9.53 Å². The van der Waals surface area contributed by atoms with Crippen LogP contribution in [0.1, 0.15) is 45.4 Å². The Bertz CT molecular complexity index is 212. The normalized spacial score (nSPS) is 19.4. The summed E-state index contributed by atoms with van der Waals surface area (Å²) in [4.78, 5) is 11.3. The minimum absolute atomic E-state index is 0.155. The molecule has 0 aromatic carbocycles. The molecule has 1 aliphatic carbocycles. The Hall–Kier alpha value is -0.790. The second-order valence-electron chi connectivity index (χ2n) is 3.94. The van der Waals surface area contributed by atoms with Crippen molar-refractivity contribution in [3.05, 3.63) is 11.6 Å². The highest BCUT2D eigenvalue weighted by atomic mass is 16.5. The summed E-state index contributed by atoms with van der Waals surface area (Å²) in [6.07, 6.45) is 9.35. The molecule has 1 rings (SSSR count). The van der Waals surface area contributed by atoms with Crippen LogP contribution in [0.3, 0.4) is 0 Å². The molecule has 0 radical (unpaired) electrons. The molecule has 0 bridgehead atoms. The number of hydrogen-bond donors (Lipinski definition) is 0. The Balaban J connectivity index is 2.56. The van der Waals surface area contributed by atoms with Gasteiger partial charge in [-0.25, -0.2) is 4.79 Å². The van der Waals surface area contributed by atoms with Crippen molar-refractivity contribution in [1.82, 2.24) is 0 Å². The van der Waals surface area contributed by atoms with E-state index in [2.05, 4.69) is 6.08 Å². The second-order valence-corrected chi connectivity index (χ2v) is 3.94. The van der Waals surface area contributed by atoms with Crippen molar-refractivity contribution in [3.8, 4) is 0 Å². The average Bonchev–Trinajstić information content (AvgIpc) is 2.26. The van der Waals surface area contributed by atoms with E-state index < -0.39 is 0 Å². The lowest BCUT2D eigenvalue weighted by atomic mass is 9.87. The molecule has 80 valence electrons. The summed E-state index contributed by atoms with van der Waals surface area (Å²) in [5.41, 5.74) is 0.847. The third-order valence-corrected chi connectivity index (χ3v) is 2.92. The minimum atomic E-state index is -0.155. The zero-order valence-electron chi connectivity index (χ0n) is 9.21. The molecule has 0 aromatic rings. The first kappa shape index (κ1) is 11.3. The van der Waals surface area contributed by atoms with Gasteiger partial charge in [-0.2, -0.15) is 0 Å². The van der Waals surface area contributed by atoms with Crippen molar-refractivity contribution in [2.24, 2.45) is 5.92 Å². The van der Waals surface area contributed by atoms with Gasteiger partial charge in [0.15, 0.2) is 0 Å². The van der Waals surface area contributed by atoms with Gasteiger partial charge in [0.25, 0.3) is 0 Å². The van der Waals surface area contributed by atoms with Crippen LogP contribution in [0.25, 0.3) is 0 Å². The number of carbonyl (C=O) groups is 1. The lowest BCUT2D eigenvalue weighted by Gasteiger charge is -2.19. The number of methoxy groups -OCH3 is 1. The number of rotatable bonds is 3. The molecule has 1 aliphatic rings. The van der Waals surface area contributed by atoms with E-state index in [0.29, 0.717) is 5.92 Å². The smallest absolute Gasteiger partial charge is 0.333 e. The summed E-state index contributed by atoms with van der Waals surface area (Å²) in [6, 6.07) is 0. The summed E-state index contributed by atoms with van der Waals surface area (Å²) in [5.74, 6) is 0.455. The summed E-state index contributed by atoms with van der Waals surface area (Å²) in [6.45, 7) is 2.01. The maximum absolute atomic E-state index is 11.3. The maximum atomic E-state index is 11.3. The molecule has 0 spiro atoms. The molecule has 0 unspecified atom stereocenters. The highest BCUT2D eigenvalue weighted by molar-refractivity contribution is 5.88. The quantitative estimate of drug-likeness (QED) is 0.512. The van der Waals surface area contributed by atoms with E-state index in [-0.39, 0.29) is 5.97 Å². The standard InChI is InChI=1S/C12H20O2/c1-3-11(12(13)14-2)9-10-7-5-4-6-8-10/h9-10H,3-8H2,1-2H3. The van der Waals surface area contributed by atoms with Gasteiger partial charge in [0.05, 0.1) is 7.11 Å². The van der Waals surface area contributed by atoms with Gasteiger partial charge < -0.3 is 4.74 Å². The number of allylic oxidation sites excluding steroid dienone is 1. The third-order valence-electron chi connectivity index (χ3n) is 2.92. The van der Waals surface area contributed by atoms with Crippen LogP contribution >= 0.6 is 0 Å². The van der Waals surface area contributed by atoms with Gasteiger partial charge in [0.2, 0.25) is 0 Å².